The summed E-state index contributed by atoms with van der Waals surface area (Å²) in [4.78, 5) is 37.0. The van der Waals surface area contributed by atoms with Crippen LogP contribution >= 0.6 is 0 Å². The van der Waals surface area contributed by atoms with Crippen molar-refractivity contribution in [2.24, 2.45) is 11.3 Å². The molecule has 42 heavy (non-hydrogen) atoms. The normalized spacial score (nSPS) is 29.9. The molecular weight excluding hydrogens is 536 g/mol. The Morgan fingerprint density at radius 3 is 2.40 bits per heavy atom. The second kappa shape index (κ2) is 12.9. The topological polar surface area (TPSA) is 119 Å². The third kappa shape index (κ3) is 7.79. The maximum atomic E-state index is 12.8. The van der Waals surface area contributed by atoms with Crippen LogP contribution in [-0.4, -0.2) is 67.6 Å². The fourth-order valence-electron chi connectivity index (χ4n) is 6.14. The SMILES string of the molecule is CO[C@H]1[C@H](C2(C)O[C@@H]2CC=C(C)C)[C@]2(CC[C@H]1OC(=O)NCCc1ccc(NC(=O)CCC(=O)C(C)(C)C)cc1)CO2. The van der Waals surface area contributed by atoms with Gasteiger partial charge in [0.2, 0.25) is 5.91 Å². The number of hydrogen-bond donors (Lipinski definition) is 2. The van der Waals surface area contributed by atoms with Gasteiger partial charge in [0, 0.05) is 37.6 Å². The lowest BCUT2D eigenvalue weighted by Crippen LogP contribution is -2.56. The van der Waals surface area contributed by atoms with E-state index in [1.165, 1.54) is 5.57 Å². The molecular formula is C33H48N2O7. The van der Waals surface area contributed by atoms with E-state index in [-0.39, 0.29) is 60.0 Å². The summed E-state index contributed by atoms with van der Waals surface area (Å²) in [5, 5.41) is 5.70. The van der Waals surface area contributed by atoms with Crippen LogP contribution < -0.4 is 10.6 Å². The number of rotatable bonds is 12. The Morgan fingerprint density at radius 1 is 1.12 bits per heavy atom. The molecule has 6 atom stereocenters. The summed E-state index contributed by atoms with van der Waals surface area (Å²) in [5.41, 5.74) is 1.86. The number of Topliss-reactive ketones (excluding diaryl/α,β-unsaturated/α-hetero) is 1. The molecule has 1 aromatic rings. The largest absolute Gasteiger partial charge is 0.443 e. The van der Waals surface area contributed by atoms with Crippen molar-refractivity contribution in [2.75, 3.05) is 25.6 Å². The summed E-state index contributed by atoms with van der Waals surface area (Å²) < 4.78 is 24.1. The van der Waals surface area contributed by atoms with Crippen molar-refractivity contribution in [1.29, 1.82) is 0 Å². The lowest BCUT2D eigenvalue weighted by atomic mass is 9.68. The predicted octanol–water partition coefficient (Wildman–Crippen LogP) is 5.37. The zero-order chi connectivity index (χ0) is 30.7. The first-order valence-corrected chi connectivity index (χ1v) is 15.1. The molecule has 0 aromatic heterocycles. The lowest BCUT2D eigenvalue weighted by molar-refractivity contribution is -0.128. The molecule has 3 aliphatic rings. The second-order valence-electron chi connectivity index (χ2n) is 13.4. The number of carbonyl (C=O) groups excluding carboxylic acids is 3. The maximum absolute atomic E-state index is 12.8. The molecule has 1 unspecified atom stereocenters. The number of nitrogens with one attached hydrogen (secondary N) is 2. The van der Waals surface area contributed by atoms with E-state index in [1.54, 1.807) is 7.11 Å². The van der Waals surface area contributed by atoms with Gasteiger partial charge in [-0.15, -0.1) is 0 Å². The first-order chi connectivity index (χ1) is 19.8. The number of ether oxygens (including phenoxy) is 4. The number of benzene rings is 1. The number of amides is 2. The molecule has 0 bridgehead atoms. The van der Waals surface area contributed by atoms with E-state index < -0.39 is 11.5 Å². The van der Waals surface area contributed by atoms with Gasteiger partial charge in [0.05, 0.1) is 18.6 Å². The minimum Gasteiger partial charge on any atom is -0.443 e. The van der Waals surface area contributed by atoms with Gasteiger partial charge in [-0.25, -0.2) is 4.79 Å². The van der Waals surface area contributed by atoms with Gasteiger partial charge in [-0.1, -0.05) is 44.6 Å². The Morgan fingerprint density at radius 2 is 1.81 bits per heavy atom. The van der Waals surface area contributed by atoms with Crippen molar-refractivity contribution in [2.45, 2.75) is 110 Å². The molecule has 4 rings (SSSR count). The summed E-state index contributed by atoms with van der Waals surface area (Å²) in [6.45, 7) is 13.0. The highest BCUT2D eigenvalue weighted by molar-refractivity contribution is 5.94. The third-order valence-electron chi connectivity index (χ3n) is 8.83. The number of hydrogen-bond acceptors (Lipinski definition) is 7. The average Bonchev–Trinajstić information content (AvgIpc) is 3.84. The molecule has 1 spiro atoms. The maximum Gasteiger partial charge on any atom is 0.407 e. The van der Waals surface area contributed by atoms with Crippen molar-refractivity contribution in [3.63, 3.8) is 0 Å². The van der Waals surface area contributed by atoms with Crippen LogP contribution in [0.5, 0.6) is 0 Å². The quantitative estimate of drug-likeness (QED) is 0.251. The van der Waals surface area contributed by atoms with Crippen LogP contribution in [0.3, 0.4) is 0 Å². The summed E-state index contributed by atoms with van der Waals surface area (Å²) in [7, 11) is 1.67. The van der Waals surface area contributed by atoms with Crippen LogP contribution in [0.2, 0.25) is 0 Å². The van der Waals surface area contributed by atoms with Gasteiger partial charge in [-0.3, -0.25) is 9.59 Å². The molecule has 1 aromatic carbocycles. The van der Waals surface area contributed by atoms with Gasteiger partial charge in [-0.2, -0.15) is 0 Å². The molecule has 2 aliphatic heterocycles. The smallest absolute Gasteiger partial charge is 0.407 e. The summed E-state index contributed by atoms with van der Waals surface area (Å²) in [6, 6.07) is 7.46. The van der Waals surface area contributed by atoms with Gasteiger partial charge in [0.25, 0.3) is 0 Å². The molecule has 0 radical (unpaired) electrons. The average molecular weight is 585 g/mol. The van der Waals surface area contributed by atoms with Gasteiger partial charge in [0.15, 0.2) is 0 Å². The van der Waals surface area contributed by atoms with Gasteiger partial charge in [0.1, 0.15) is 29.2 Å². The van der Waals surface area contributed by atoms with E-state index >= 15 is 0 Å². The molecule has 9 nitrogen and oxygen atoms in total. The molecule has 2 N–H and O–H groups in total. The Bertz CT molecular complexity index is 1160. The summed E-state index contributed by atoms with van der Waals surface area (Å²) in [6.07, 6.45) is 4.44. The number of ketones is 1. The number of methoxy groups -OCH3 is 1. The van der Waals surface area contributed by atoms with Crippen LogP contribution in [0.15, 0.2) is 35.9 Å². The summed E-state index contributed by atoms with van der Waals surface area (Å²) in [5.74, 6) is -0.139. The van der Waals surface area contributed by atoms with Crippen molar-refractivity contribution in [1.82, 2.24) is 5.32 Å². The molecule has 2 amide bonds. The highest BCUT2D eigenvalue weighted by Gasteiger charge is 2.72. The molecule has 232 valence electrons. The predicted molar refractivity (Wildman–Crippen MR) is 160 cm³/mol. The molecule has 2 heterocycles. The van der Waals surface area contributed by atoms with E-state index in [4.69, 9.17) is 18.9 Å². The number of carbonyl (C=O) groups is 3. The van der Waals surface area contributed by atoms with Crippen LogP contribution in [0.1, 0.15) is 79.2 Å². The first kappa shape index (κ1) is 32.2. The van der Waals surface area contributed by atoms with E-state index in [0.717, 1.165) is 18.4 Å². The number of anilines is 1. The number of epoxide rings is 2. The number of alkyl carbamates (subject to hydrolysis) is 1. The van der Waals surface area contributed by atoms with Crippen molar-refractivity contribution < 1.29 is 33.3 Å². The Kier molecular flexibility index (Phi) is 9.85. The zero-order valence-electron chi connectivity index (χ0n) is 26.2. The molecule has 1 saturated carbocycles. The van der Waals surface area contributed by atoms with Gasteiger partial charge in [-0.05, 0) is 64.2 Å². The van der Waals surface area contributed by atoms with Gasteiger partial charge < -0.3 is 29.6 Å². The van der Waals surface area contributed by atoms with Gasteiger partial charge >= 0.3 is 6.09 Å². The highest BCUT2D eigenvalue weighted by atomic mass is 16.6. The third-order valence-corrected chi connectivity index (χ3v) is 8.83. The van der Waals surface area contributed by atoms with E-state index in [9.17, 15) is 14.4 Å². The van der Waals surface area contributed by atoms with E-state index in [1.807, 2.05) is 45.0 Å². The molecule has 2 saturated heterocycles. The molecule has 9 heteroatoms. The fourth-order valence-corrected chi connectivity index (χ4v) is 6.14. The molecule has 1 aliphatic carbocycles. The number of allylic oxidation sites excluding steroid dienone is 1. The van der Waals surface area contributed by atoms with Crippen molar-refractivity contribution >= 4 is 23.5 Å². The van der Waals surface area contributed by atoms with Crippen molar-refractivity contribution in [3.8, 4) is 0 Å². The van der Waals surface area contributed by atoms with Crippen LogP contribution in [-0.2, 0) is 35.0 Å². The Hall–Kier alpha value is -2.75. The lowest BCUT2D eigenvalue weighted by Gasteiger charge is -2.42. The minimum atomic E-state index is -0.467. The highest BCUT2D eigenvalue weighted by Crippen LogP contribution is 2.59. The van der Waals surface area contributed by atoms with E-state index in [2.05, 4.69) is 37.5 Å². The van der Waals surface area contributed by atoms with Crippen LogP contribution in [0.25, 0.3) is 0 Å². The van der Waals surface area contributed by atoms with Crippen LogP contribution in [0.4, 0.5) is 10.5 Å². The van der Waals surface area contributed by atoms with Crippen molar-refractivity contribution in [3.05, 3.63) is 41.5 Å². The minimum absolute atomic E-state index is 0.0184. The fraction of sp³-hybridized carbons (Fsp3) is 0.667. The Labute approximate surface area is 250 Å². The summed E-state index contributed by atoms with van der Waals surface area (Å²) >= 11 is 0. The molecule has 3 fully saturated rings. The monoisotopic (exact) mass is 584 g/mol. The first-order valence-electron chi connectivity index (χ1n) is 15.1. The van der Waals surface area contributed by atoms with Crippen LogP contribution in [0, 0.1) is 11.3 Å². The standard InChI is InChI=1S/C33H48N2O7/c1-21(2)8-14-26-32(6,42-26)29-28(39-7)24(16-18-33(29)20-40-33)41-30(38)34-19-17-22-9-11-23(12-10-22)35-27(37)15-13-25(36)31(3,4)5/h8-12,24,26,28-29H,13-20H2,1-7H3,(H,34,38)(H,35,37)/t24-,26-,28-,29-,32?,33+/m1/s1. The Balaban J connectivity index is 1.23. The zero-order valence-corrected chi connectivity index (χ0v) is 26.2. The second-order valence-corrected chi connectivity index (χ2v) is 13.4. The van der Waals surface area contributed by atoms with E-state index in [0.29, 0.717) is 31.7 Å².